The summed E-state index contributed by atoms with van der Waals surface area (Å²) in [6, 6.07) is 9.41. The maximum Gasteiger partial charge on any atom is 0.160 e. The number of methoxy groups -OCH3 is 1. The van der Waals surface area contributed by atoms with Crippen LogP contribution in [0.4, 0.5) is 0 Å². The van der Waals surface area contributed by atoms with E-state index in [4.69, 9.17) is 4.74 Å². The van der Waals surface area contributed by atoms with Crippen LogP contribution >= 0.6 is 0 Å². The van der Waals surface area contributed by atoms with Crippen LogP contribution < -0.4 is 10.1 Å². The lowest BCUT2D eigenvalue weighted by Gasteiger charge is -2.06. The Labute approximate surface area is 106 Å². The number of phenolic OH excluding ortho intramolecular Hbond substituents is 1. The summed E-state index contributed by atoms with van der Waals surface area (Å²) in [7, 11) is 1.55. The number of aromatic nitrogens is 1. The Morgan fingerprint density at radius 1 is 1.22 bits per heavy atom. The summed E-state index contributed by atoms with van der Waals surface area (Å²) in [6.07, 6.45) is 3.64. The van der Waals surface area contributed by atoms with Crippen molar-refractivity contribution in [3.05, 3.63) is 53.9 Å². The molecule has 0 spiro atoms. The number of benzene rings is 1. The van der Waals surface area contributed by atoms with Crippen LogP contribution in [0.5, 0.6) is 11.5 Å². The molecule has 18 heavy (non-hydrogen) atoms. The molecule has 0 aliphatic heterocycles. The monoisotopic (exact) mass is 245 g/mol. The van der Waals surface area contributed by atoms with E-state index in [-0.39, 0.29) is 5.75 Å². The first-order chi connectivity index (χ1) is 8.79. The number of pyridine rings is 1. The minimum atomic E-state index is 0.175. The first kappa shape index (κ1) is 12.4. The van der Waals surface area contributed by atoms with Crippen LogP contribution in [0, 0.1) is 0 Å². The van der Waals surface area contributed by atoms with Crippen molar-refractivity contribution in [1.82, 2.24) is 4.98 Å². The normalized spacial score (nSPS) is 10.3. The fourth-order valence-corrected chi connectivity index (χ4v) is 1.77. The number of ether oxygens (including phenoxy) is 1. The van der Waals surface area contributed by atoms with Crippen LogP contribution in [-0.4, -0.2) is 17.2 Å². The van der Waals surface area contributed by atoms with Crippen molar-refractivity contribution < 1.29 is 15.2 Å². The second-order valence-corrected chi connectivity index (χ2v) is 4.06. The lowest BCUT2D eigenvalue weighted by Crippen LogP contribution is -2.80. The quantitative estimate of drug-likeness (QED) is 0.828. The molecule has 0 aliphatic rings. The number of hydrogen-bond acceptors (Lipinski definition) is 3. The van der Waals surface area contributed by atoms with Crippen molar-refractivity contribution in [3.8, 4) is 11.5 Å². The third kappa shape index (κ3) is 3.21. The van der Waals surface area contributed by atoms with Gasteiger partial charge in [-0.1, -0.05) is 6.07 Å². The fourth-order valence-electron chi connectivity index (χ4n) is 1.77. The largest absolute Gasteiger partial charge is 0.504 e. The highest BCUT2D eigenvalue weighted by Gasteiger charge is 2.04. The van der Waals surface area contributed by atoms with Crippen molar-refractivity contribution in [2.24, 2.45) is 0 Å². The minimum absolute atomic E-state index is 0.175. The summed E-state index contributed by atoms with van der Waals surface area (Å²) in [5.41, 5.74) is 2.32. The van der Waals surface area contributed by atoms with E-state index >= 15 is 0 Å². The van der Waals surface area contributed by atoms with Gasteiger partial charge in [-0.05, 0) is 24.3 Å². The maximum absolute atomic E-state index is 9.49. The van der Waals surface area contributed by atoms with Crippen LogP contribution in [-0.2, 0) is 13.1 Å². The summed E-state index contributed by atoms with van der Waals surface area (Å²) in [4.78, 5) is 4.08. The summed E-state index contributed by atoms with van der Waals surface area (Å²) < 4.78 is 5.08. The predicted molar refractivity (Wildman–Crippen MR) is 68.2 cm³/mol. The summed E-state index contributed by atoms with van der Waals surface area (Å²) in [6.45, 7) is 1.72. The summed E-state index contributed by atoms with van der Waals surface area (Å²) in [5.74, 6) is 0.691. The summed E-state index contributed by atoms with van der Waals surface area (Å²) in [5, 5.41) is 11.7. The van der Waals surface area contributed by atoms with Crippen molar-refractivity contribution in [3.63, 3.8) is 0 Å². The van der Waals surface area contributed by atoms with Crippen LogP contribution in [0.3, 0.4) is 0 Å². The number of quaternary nitrogens is 1. The number of nitrogens with zero attached hydrogens (tertiary/aromatic N) is 1. The highest BCUT2D eigenvalue weighted by molar-refractivity contribution is 5.41. The van der Waals surface area contributed by atoms with Gasteiger partial charge in [0, 0.05) is 23.5 Å². The zero-order valence-electron chi connectivity index (χ0n) is 10.3. The van der Waals surface area contributed by atoms with Gasteiger partial charge in [0.05, 0.1) is 7.11 Å². The first-order valence-electron chi connectivity index (χ1n) is 5.86. The number of hydrogen-bond donors (Lipinski definition) is 2. The average molecular weight is 245 g/mol. The molecule has 3 N–H and O–H groups in total. The van der Waals surface area contributed by atoms with Gasteiger partial charge in [-0.3, -0.25) is 4.98 Å². The Balaban J connectivity index is 1.91. The highest BCUT2D eigenvalue weighted by Crippen LogP contribution is 2.25. The van der Waals surface area contributed by atoms with E-state index in [1.54, 1.807) is 19.4 Å². The van der Waals surface area contributed by atoms with Gasteiger partial charge in [0.15, 0.2) is 11.5 Å². The van der Waals surface area contributed by atoms with Crippen molar-refractivity contribution in [2.75, 3.05) is 7.11 Å². The third-order valence-electron chi connectivity index (χ3n) is 2.73. The standard InChI is InChI=1S/C14H16N2O2/c1-18-14-7-11(4-5-13(14)17)8-16-10-12-3-2-6-15-9-12/h2-7,9,16-17H,8,10H2,1H3/p+1. The maximum atomic E-state index is 9.49. The van der Waals surface area contributed by atoms with E-state index in [1.807, 2.05) is 24.4 Å². The third-order valence-corrected chi connectivity index (χ3v) is 2.73. The zero-order chi connectivity index (χ0) is 12.8. The molecule has 4 nitrogen and oxygen atoms in total. The molecule has 0 fully saturated rings. The van der Waals surface area contributed by atoms with Gasteiger partial charge in [0.25, 0.3) is 0 Å². The van der Waals surface area contributed by atoms with Crippen molar-refractivity contribution in [2.45, 2.75) is 13.1 Å². The van der Waals surface area contributed by atoms with Gasteiger partial charge in [0.1, 0.15) is 13.1 Å². The lowest BCUT2D eigenvalue weighted by molar-refractivity contribution is -0.686. The Kier molecular flexibility index (Phi) is 4.15. The van der Waals surface area contributed by atoms with Gasteiger partial charge >= 0.3 is 0 Å². The second kappa shape index (κ2) is 6.02. The lowest BCUT2D eigenvalue weighted by atomic mass is 10.2. The molecule has 0 unspecified atom stereocenters. The molecule has 0 radical (unpaired) electrons. The van der Waals surface area contributed by atoms with Crippen molar-refractivity contribution >= 4 is 0 Å². The minimum Gasteiger partial charge on any atom is -0.504 e. The molecule has 0 aliphatic carbocycles. The van der Waals surface area contributed by atoms with E-state index in [9.17, 15) is 5.11 Å². The molecule has 0 amide bonds. The zero-order valence-corrected chi connectivity index (χ0v) is 10.3. The van der Waals surface area contributed by atoms with Gasteiger partial charge in [0.2, 0.25) is 0 Å². The number of rotatable bonds is 5. The van der Waals surface area contributed by atoms with Crippen LogP contribution in [0.1, 0.15) is 11.1 Å². The SMILES string of the molecule is COc1cc(C[NH2+]Cc2cccnc2)ccc1O. The van der Waals surface area contributed by atoms with Gasteiger partial charge in [-0.2, -0.15) is 0 Å². The summed E-state index contributed by atoms with van der Waals surface area (Å²) >= 11 is 0. The van der Waals surface area contributed by atoms with E-state index in [0.29, 0.717) is 5.75 Å². The molecule has 2 aromatic rings. The Morgan fingerprint density at radius 2 is 2.06 bits per heavy atom. The van der Waals surface area contributed by atoms with Gasteiger partial charge in [-0.25, -0.2) is 0 Å². The molecule has 0 bridgehead atoms. The Bertz CT molecular complexity index is 500. The second-order valence-electron chi connectivity index (χ2n) is 4.06. The molecule has 0 saturated heterocycles. The Hall–Kier alpha value is -2.07. The molecule has 94 valence electrons. The predicted octanol–water partition coefficient (Wildman–Crippen LogP) is 1.06. The number of nitrogens with two attached hydrogens (primary N) is 1. The molecule has 1 aromatic heterocycles. The average Bonchev–Trinajstić information content (AvgIpc) is 2.42. The number of phenols is 1. The molecule has 1 heterocycles. The van der Waals surface area contributed by atoms with Gasteiger partial charge < -0.3 is 15.2 Å². The van der Waals surface area contributed by atoms with E-state index in [0.717, 1.165) is 18.7 Å². The Morgan fingerprint density at radius 3 is 2.78 bits per heavy atom. The molecule has 0 saturated carbocycles. The molecular weight excluding hydrogens is 228 g/mol. The smallest absolute Gasteiger partial charge is 0.160 e. The van der Waals surface area contributed by atoms with E-state index < -0.39 is 0 Å². The molecule has 4 heteroatoms. The highest BCUT2D eigenvalue weighted by atomic mass is 16.5. The molecule has 1 aromatic carbocycles. The molecular formula is C14H17N2O2+. The van der Waals surface area contributed by atoms with Crippen LogP contribution in [0.15, 0.2) is 42.7 Å². The number of aromatic hydroxyl groups is 1. The topological polar surface area (TPSA) is 59.0 Å². The van der Waals surface area contributed by atoms with Crippen LogP contribution in [0.25, 0.3) is 0 Å². The molecule has 0 atom stereocenters. The van der Waals surface area contributed by atoms with Crippen LogP contribution in [0.2, 0.25) is 0 Å². The van der Waals surface area contributed by atoms with E-state index in [1.165, 1.54) is 5.56 Å². The van der Waals surface area contributed by atoms with Gasteiger partial charge in [-0.15, -0.1) is 0 Å². The first-order valence-corrected chi connectivity index (χ1v) is 5.86. The van der Waals surface area contributed by atoms with E-state index in [2.05, 4.69) is 16.4 Å². The van der Waals surface area contributed by atoms with Crippen molar-refractivity contribution in [1.29, 1.82) is 0 Å². The fraction of sp³-hybridized carbons (Fsp3) is 0.214. The molecule has 2 rings (SSSR count).